The third-order valence-electron chi connectivity index (χ3n) is 3.13. The van der Waals surface area contributed by atoms with Crippen molar-refractivity contribution in [2.75, 3.05) is 6.61 Å². The summed E-state index contributed by atoms with van der Waals surface area (Å²) in [5, 5.41) is 20.6. The molecule has 0 aromatic carbocycles. The van der Waals surface area contributed by atoms with Gasteiger partial charge in [0.05, 0.1) is 11.5 Å². The first-order valence-corrected chi connectivity index (χ1v) is 6.34. The molecule has 0 radical (unpaired) electrons. The Labute approximate surface area is 120 Å². The van der Waals surface area contributed by atoms with Gasteiger partial charge < -0.3 is 9.84 Å². The van der Waals surface area contributed by atoms with E-state index in [1.54, 1.807) is 6.92 Å². The van der Waals surface area contributed by atoms with Gasteiger partial charge in [-0.1, -0.05) is 6.92 Å². The van der Waals surface area contributed by atoms with E-state index in [4.69, 9.17) is 4.74 Å². The molecule has 0 spiro atoms. The molecular weight excluding hydrogens is 280 g/mol. The maximum atomic E-state index is 12.2. The van der Waals surface area contributed by atoms with Gasteiger partial charge in [0.25, 0.3) is 5.69 Å². The third kappa shape index (κ3) is 2.83. The Bertz CT molecular complexity index is 586. The lowest BCUT2D eigenvalue weighted by Crippen LogP contribution is -2.45. The summed E-state index contributed by atoms with van der Waals surface area (Å²) in [6.45, 7) is 4.49. The Kier molecular flexibility index (Phi) is 4.96. The molecule has 0 aliphatic rings. The van der Waals surface area contributed by atoms with E-state index in [1.807, 2.05) is 0 Å². The van der Waals surface area contributed by atoms with Crippen molar-refractivity contribution in [2.45, 2.75) is 32.6 Å². The van der Waals surface area contributed by atoms with E-state index in [2.05, 4.69) is 4.98 Å². The summed E-state index contributed by atoms with van der Waals surface area (Å²) in [5.41, 5.74) is -2.73. The Hall–Kier alpha value is -2.51. The first-order valence-electron chi connectivity index (χ1n) is 6.34. The molecule has 1 unspecified atom stereocenters. The Balaban J connectivity index is 3.68. The number of hydrogen-bond donors (Lipinski definition) is 1. The first-order chi connectivity index (χ1) is 9.81. The van der Waals surface area contributed by atoms with Gasteiger partial charge in [-0.25, -0.2) is 4.98 Å². The standard InChI is InChI=1S/C13H16N2O6/c1-4-13(11(16)17,12(18)21-5-2)10-9(15(19)20)7-6-8(3)14-10/h6-7H,4-5H2,1-3H3,(H,16,17). The van der Waals surface area contributed by atoms with E-state index in [0.717, 1.165) is 6.07 Å². The summed E-state index contributed by atoms with van der Waals surface area (Å²) >= 11 is 0. The summed E-state index contributed by atoms with van der Waals surface area (Å²) in [4.78, 5) is 38.2. The molecule has 0 aliphatic heterocycles. The molecule has 0 amide bonds. The van der Waals surface area contributed by atoms with Crippen LogP contribution in [0, 0.1) is 17.0 Å². The summed E-state index contributed by atoms with van der Waals surface area (Å²) in [6, 6.07) is 2.53. The SMILES string of the molecule is CCOC(=O)C(CC)(C(=O)O)c1nc(C)ccc1[N+](=O)[O-]. The highest BCUT2D eigenvalue weighted by Gasteiger charge is 2.53. The van der Waals surface area contributed by atoms with Crippen molar-refractivity contribution in [1.29, 1.82) is 0 Å². The number of esters is 1. The van der Waals surface area contributed by atoms with Gasteiger partial charge in [-0.15, -0.1) is 0 Å². The largest absolute Gasteiger partial charge is 0.480 e. The molecule has 0 saturated carbocycles. The van der Waals surface area contributed by atoms with Crippen LogP contribution < -0.4 is 0 Å². The second-order valence-corrected chi connectivity index (χ2v) is 4.36. The molecule has 0 saturated heterocycles. The third-order valence-corrected chi connectivity index (χ3v) is 3.13. The summed E-state index contributed by atoms with van der Waals surface area (Å²) in [7, 11) is 0. The van der Waals surface area contributed by atoms with E-state index in [0.29, 0.717) is 5.69 Å². The Morgan fingerprint density at radius 1 is 1.43 bits per heavy atom. The van der Waals surface area contributed by atoms with Crippen molar-refractivity contribution in [3.8, 4) is 0 Å². The lowest BCUT2D eigenvalue weighted by Gasteiger charge is -2.25. The van der Waals surface area contributed by atoms with Gasteiger partial charge in [0.15, 0.2) is 0 Å². The van der Waals surface area contributed by atoms with E-state index in [1.165, 1.54) is 19.9 Å². The van der Waals surface area contributed by atoms with Crippen molar-refractivity contribution in [3.63, 3.8) is 0 Å². The number of aromatic nitrogens is 1. The van der Waals surface area contributed by atoms with Crippen molar-refractivity contribution in [1.82, 2.24) is 4.98 Å². The quantitative estimate of drug-likeness (QED) is 0.366. The predicted molar refractivity (Wildman–Crippen MR) is 71.9 cm³/mol. The van der Waals surface area contributed by atoms with Crippen LogP contribution in [0.3, 0.4) is 0 Å². The van der Waals surface area contributed by atoms with E-state index < -0.39 is 33.7 Å². The number of aliphatic carboxylic acids is 1. The van der Waals surface area contributed by atoms with Crippen LogP contribution in [0.4, 0.5) is 5.69 Å². The minimum atomic E-state index is -2.19. The van der Waals surface area contributed by atoms with E-state index in [-0.39, 0.29) is 13.0 Å². The second kappa shape index (κ2) is 6.29. The highest BCUT2D eigenvalue weighted by Crippen LogP contribution is 2.35. The number of carboxylic acid groups (broad SMARTS) is 1. The molecule has 1 aromatic rings. The number of carboxylic acids is 1. The molecule has 1 heterocycles. The number of carbonyl (C=O) groups excluding carboxylic acids is 1. The molecule has 8 nitrogen and oxygen atoms in total. The van der Waals surface area contributed by atoms with Crippen molar-refractivity contribution < 1.29 is 24.4 Å². The number of pyridine rings is 1. The van der Waals surface area contributed by atoms with Gasteiger partial charge in [0.1, 0.15) is 5.69 Å². The molecule has 0 fully saturated rings. The van der Waals surface area contributed by atoms with Crippen molar-refractivity contribution in [3.05, 3.63) is 33.6 Å². The van der Waals surface area contributed by atoms with Crippen molar-refractivity contribution in [2.24, 2.45) is 0 Å². The van der Waals surface area contributed by atoms with E-state index in [9.17, 15) is 24.8 Å². The monoisotopic (exact) mass is 296 g/mol. The fraction of sp³-hybridized carbons (Fsp3) is 0.462. The van der Waals surface area contributed by atoms with Gasteiger partial charge in [-0.3, -0.25) is 19.7 Å². The number of ether oxygens (including phenoxy) is 1. The lowest BCUT2D eigenvalue weighted by molar-refractivity contribution is -0.386. The van der Waals surface area contributed by atoms with Crippen LogP contribution in [0.2, 0.25) is 0 Å². The molecule has 1 aromatic heterocycles. The Morgan fingerprint density at radius 3 is 2.48 bits per heavy atom. The van der Waals surface area contributed by atoms with Crippen LogP contribution in [0.1, 0.15) is 31.7 Å². The molecule has 1 rings (SSSR count). The van der Waals surface area contributed by atoms with Crippen LogP contribution in [0.15, 0.2) is 12.1 Å². The maximum absolute atomic E-state index is 12.2. The molecule has 1 N–H and O–H groups in total. The van der Waals surface area contributed by atoms with Gasteiger partial charge in [0, 0.05) is 11.8 Å². The highest BCUT2D eigenvalue weighted by molar-refractivity contribution is 6.05. The summed E-state index contributed by atoms with van der Waals surface area (Å²) < 4.78 is 4.81. The number of carbonyl (C=O) groups is 2. The van der Waals surface area contributed by atoms with Crippen LogP contribution >= 0.6 is 0 Å². The van der Waals surface area contributed by atoms with Gasteiger partial charge in [-0.2, -0.15) is 0 Å². The molecule has 21 heavy (non-hydrogen) atoms. The second-order valence-electron chi connectivity index (χ2n) is 4.36. The zero-order chi connectivity index (χ0) is 16.2. The zero-order valence-corrected chi connectivity index (χ0v) is 12.0. The van der Waals surface area contributed by atoms with Crippen LogP contribution in [-0.4, -0.2) is 33.6 Å². The van der Waals surface area contributed by atoms with Gasteiger partial charge >= 0.3 is 11.9 Å². The molecule has 8 heteroatoms. The molecule has 114 valence electrons. The Morgan fingerprint density at radius 2 is 2.05 bits per heavy atom. The highest BCUT2D eigenvalue weighted by atomic mass is 16.6. The predicted octanol–water partition coefficient (Wildman–Crippen LogP) is 1.59. The normalized spacial score (nSPS) is 13.3. The van der Waals surface area contributed by atoms with Gasteiger partial charge in [-0.05, 0) is 26.3 Å². The first kappa shape index (κ1) is 16.5. The number of aryl methyl sites for hydroxylation is 1. The molecule has 0 aliphatic carbocycles. The molecular formula is C13H16N2O6. The summed E-state index contributed by atoms with van der Waals surface area (Å²) in [6.07, 6.45) is -0.210. The van der Waals surface area contributed by atoms with Crippen LogP contribution in [-0.2, 0) is 19.7 Å². The lowest BCUT2D eigenvalue weighted by atomic mass is 9.80. The fourth-order valence-electron chi connectivity index (χ4n) is 2.01. The number of hydrogen-bond acceptors (Lipinski definition) is 6. The number of nitro groups is 1. The number of nitrogens with zero attached hydrogens (tertiary/aromatic N) is 2. The average Bonchev–Trinajstić information content (AvgIpc) is 2.39. The average molecular weight is 296 g/mol. The van der Waals surface area contributed by atoms with Gasteiger partial charge in [0.2, 0.25) is 5.41 Å². The summed E-state index contributed by atoms with van der Waals surface area (Å²) in [5.74, 6) is -2.58. The maximum Gasteiger partial charge on any atom is 0.329 e. The zero-order valence-electron chi connectivity index (χ0n) is 12.0. The minimum absolute atomic E-state index is 0.0342. The minimum Gasteiger partial charge on any atom is -0.480 e. The van der Waals surface area contributed by atoms with Crippen LogP contribution in [0.25, 0.3) is 0 Å². The topological polar surface area (TPSA) is 120 Å². The van der Waals surface area contributed by atoms with E-state index >= 15 is 0 Å². The van der Waals surface area contributed by atoms with Crippen LogP contribution in [0.5, 0.6) is 0 Å². The van der Waals surface area contributed by atoms with Crippen molar-refractivity contribution >= 4 is 17.6 Å². The smallest absolute Gasteiger partial charge is 0.329 e. The molecule has 0 bridgehead atoms. The fourth-order valence-corrected chi connectivity index (χ4v) is 2.01. The number of rotatable bonds is 6. The molecule has 1 atom stereocenters.